The number of halogens is 1. The number of nitrogens with zero attached hydrogens (tertiary/aromatic N) is 2. The summed E-state index contributed by atoms with van der Waals surface area (Å²) in [6.45, 7) is 4.78. The number of rotatable bonds is 8. The maximum absolute atomic E-state index is 14.0. The Morgan fingerprint density at radius 1 is 0.974 bits per heavy atom. The zero-order chi connectivity index (χ0) is 27.3. The Hall–Kier alpha value is -3.36. The molecule has 0 saturated carbocycles. The zero-order valence-corrected chi connectivity index (χ0v) is 23.0. The molecule has 200 valence electrons. The highest BCUT2D eigenvalue weighted by Crippen LogP contribution is 2.31. The molecule has 0 aromatic heterocycles. The summed E-state index contributed by atoms with van der Waals surface area (Å²) in [7, 11) is -4.02. The van der Waals surface area contributed by atoms with Gasteiger partial charge in [0.15, 0.2) is 0 Å². The van der Waals surface area contributed by atoms with E-state index < -0.39 is 10.0 Å². The molecule has 0 bridgehead atoms. The summed E-state index contributed by atoms with van der Waals surface area (Å²) in [5, 5.41) is 0.545. The van der Waals surface area contributed by atoms with Crippen LogP contribution in [-0.4, -0.2) is 44.9 Å². The van der Waals surface area contributed by atoms with Crippen LogP contribution in [0.1, 0.15) is 41.3 Å². The van der Waals surface area contributed by atoms with Gasteiger partial charge in [-0.1, -0.05) is 53.6 Å². The topological polar surface area (TPSA) is 84.0 Å². The summed E-state index contributed by atoms with van der Waals surface area (Å²) in [5.41, 5.74) is 2.24. The van der Waals surface area contributed by atoms with Gasteiger partial charge in [-0.05, 0) is 68.7 Å². The average molecular weight is 555 g/mol. The summed E-state index contributed by atoms with van der Waals surface area (Å²) >= 11 is 6.05. The summed E-state index contributed by atoms with van der Waals surface area (Å²) in [6.07, 6.45) is 1.01. The third kappa shape index (κ3) is 6.19. The quantitative estimate of drug-likeness (QED) is 0.345. The fraction of sp³-hybridized carbons (Fsp3) is 0.310. The minimum atomic E-state index is -4.02. The number of esters is 1. The minimum Gasteiger partial charge on any atom is -0.466 e. The minimum absolute atomic E-state index is 0.0165. The van der Waals surface area contributed by atoms with Crippen LogP contribution in [0.15, 0.2) is 77.7 Å². The number of likely N-dealkylation sites (tertiary alicyclic amines) is 1. The van der Waals surface area contributed by atoms with Crippen molar-refractivity contribution < 1.29 is 22.7 Å². The molecular formula is C29H31ClN2O5S. The van der Waals surface area contributed by atoms with Gasteiger partial charge in [0.25, 0.3) is 15.9 Å². The van der Waals surface area contributed by atoms with Crippen LogP contribution >= 0.6 is 11.6 Å². The molecule has 0 spiro atoms. The number of aryl methyl sites for hydroxylation is 1. The predicted molar refractivity (Wildman–Crippen MR) is 148 cm³/mol. The Kier molecular flexibility index (Phi) is 8.74. The van der Waals surface area contributed by atoms with Crippen molar-refractivity contribution in [3.8, 4) is 0 Å². The van der Waals surface area contributed by atoms with Crippen LogP contribution in [0.25, 0.3) is 0 Å². The van der Waals surface area contributed by atoms with E-state index in [-0.39, 0.29) is 34.8 Å². The largest absolute Gasteiger partial charge is 0.466 e. The zero-order valence-electron chi connectivity index (χ0n) is 21.5. The number of carbonyl (C=O) groups is 2. The molecule has 9 heteroatoms. The molecular weight excluding hydrogens is 524 g/mol. The summed E-state index contributed by atoms with van der Waals surface area (Å²) in [4.78, 5) is 27.7. The first-order valence-electron chi connectivity index (χ1n) is 12.6. The number of hydrogen-bond donors (Lipinski definition) is 0. The van der Waals surface area contributed by atoms with Gasteiger partial charge in [0, 0.05) is 18.1 Å². The van der Waals surface area contributed by atoms with E-state index in [1.807, 2.05) is 6.92 Å². The number of carbonyl (C=O) groups excluding carboxylic acids is 2. The highest BCUT2D eigenvalue weighted by atomic mass is 35.5. The van der Waals surface area contributed by atoms with Gasteiger partial charge in [0.1, 0.15) is 0 Å². The third-order valence-corrected chi connectivity index (χ3v) is 8.68. The van der Waals surface area contributed by atoms with Crippen LogP contribution in [0.5, 0.6) is 0 Å². The standard InChI is InChI=1S/C29H31ClN2O5S/c1-3-37-29(34)23-16-18-31(19-17-23)28(33)26-6-4-5-7-27(26)32(20-22-10-12-24(30)13-11-22)38(35,36)25-14-8-21(2)9-15-25/h4-15,23H,3,16-20H2,1-2H3. The monoisotopic (exact) mass is 554 g/mol. The third-order valence-electron chi connectivity index (χ3n) is 6.65. The van der Waals surface area contributed by atoms with E-state index in [4.69, 9.17) is 16.3 Å². The molecule has 0 radical (unpaired) electrons. The summed E-state index contributed by atoms with van der Waals surface area (Å²) < 4.78 is 34.4. The number of para-hydroxylation sites is 1. The Balaban J connectivity index is 1.69. The van der Waals surface area contributed by atoms with Crippen molar-refractivity contribution in [1.29, 1.82) is 0 Å². The molecule has 4 rings (SSSR count). The van der Waals surface area contributed by atoms with Crippen molar-refractivity contribution in [3.05, 3.63) is 94.5 Å². The first-order valence-corrected chi connectivity index (χ1v) is 14.4. The molecule has 1 fully saturated rings. The summed E-state index contributed by atoms with van der Waals surface area (Å²) in [5.74, 6) is -0.751. The van der Waals surface area contributed by atoms with Crippen LogP contribution in [-0.2, 0) is 26.1 Å². The van der Waals surface area contributed by atoms with E-state index in [0.717, 1.165) is 11.1 Å². The molecule has 0 N–H and O–H groups in total. The van der Waals surface area contributed by atoms with Gasteiger partial charge in [0.2, 0.25) is 0 Å². The Bertz CT molecular complexity index is 1380. The number of anilines is 1. The highest BCUT2D eigenvalue weighted by molar-refractivity contribution is 7.92. The van der Waals surface area contributed by atoms with Crippen molar-refractivity contribution in [2.24, 2.45) is 5.92 Å². The van der Waals surface area contributed by atoms with Gasteiger partial charge in [-0.25, -0.2) is 8.42 Å². The molecule has 3 aromatic rings. The molecule has 1 heterocycles. The van der Waals surface area contributed by atoms with Crippen molar-refractivity contribution >= 4 is 39.2 Å². The van der Waals surface area contributed by atoms with Gasteiger partial charge in [-0.15, -0.1) is 0 Å². The van der Waals surface area contributed by atoms with E-state index in [1.54, 1.807) is 84.6 Å². The van der Waals surface area contributed by atoms with Gasteiger partial charge in [-0.3, -0.25) is 13.9 Å². The lowest BCUT2D eigenvalue weighted by molar-refractivity contribution is -0.149. The molecule has 1 saturated heterocycles. The van der Waals surface area contributed by atoms with E-state index in [1.165, 1.54) is 4.31 Å². The molecule has 38 heavy (non-hydrogen) atoms. The van der Waals surface area contributed by atoms with Gasteiger partial charge in [0.05, 0.1) is 35.2 Å². The fourth-order valence-electron chi connectivity index (χ4n) is 4.51. The average Bonchev–Trinajstić information content (AvgIpc) is 2.93. The number of benzene rings is 3. The SMILES string of the molecule is CCOC(=O)C1CCN(C(=O)c2ccccc2N(Cc2ccc(Cl)cc2)S(=O)(=O)c2ccc(C)cc2)CC1. The van der Waals surface area contributed by atoms with Crippen LogP contribution in [0.3, 0.4) is 0 Å². The van der Waals surface area contributed by atoms with Crippen molar-refractivity contribution in [2.75, 3.05) is 24.0 Å². The Morgan fingerprint density at radius 2 is 1.61 bits per heavy atom. The molecule has 0 unspecified atom stereocenters. The van der Waals surface area contributed by atoms with E-state index in [0.29, 0.717) is 43.2 Å². The molecule has 1 aliphatic rings. The number of hydrogen-bond acceptors (Lipinski definition) is 5. The van der Waals surface area contributed by atoms with E-state index in [9.17, 15) is 18.0 Å². The van der Waals surface area contributed by atoms with Gasteiger partial charge >= 0.3 is 5.97 Å². The van der Waals surface area contributed by atoms with Crippen molar-refractivity contribution in [1.82, 2.24) is 4.90 Å². The number of amides is 1. The Morgan fingerprint density at radius 3 is 2.24 bits per heavy atom. The number of ether oxygens (including phenoxy) is 1. The Labute approximate surface area is 229 Å². The number of sulfonamides is 1. The normalized spacial score (nSPS) is 14.2. The smallest absolute Gasteiger partial charge is 0.309 e. The van der Waals surface area contributed by atoms with Crippen LogP contribution < -0.4 is 4.31 Å². The maximum Gasteiger partial charge on any atom is 0.309 e. The molecule has 1 aliphatic heterocycles. The molecule has 1 amide bonds. The van der Waals surface area contributed by atoms with E-state index >= 15 is 0 Å². The predicted octanol–water partition coefficient (Wildman–Crippen LogP) is 5.46. The molecule has 7 nitrogen and oxygen atoms in total. The molecule has 0 atom stereocenters. The lowest BCUT2D eigenvalue weighted by atomic mass is 9.96. The highest BCUT2D eigenvalue weighted by Gasteiger charge is 2.32. The lowest BCUT2D eigenvalue weighted by Gasteiger charge is -2.32. The van der Waals surface area contributed by atoms with Crippen LogP contribution in [0.4, 0.5) is 5.69 Å². The fourth-order valence-corrected chi connectivity index (χ4v) is 6.11. The maximum atomic E-state index is 14.0. The van der Waals surface area contributed by atoms with Gasteiger partial charge < -0.3 is 9.64 Å². The first-order chi connectivity index (χ1) is 18.2. The summed E-state index contributed by atoms with van der Waals surface area (Å²) in [6, 6.07) is 20.3. The lowest BCUT2D eigenvalue weighted by Crippen LogP contribution is -2.41. The second kappa shape index (κ2) is 12.0. The van der Waals surface area contributed by atoms with Crippen molar-refractivity contribution in [2.45, 2.75) is 38.1 Å². The second-order valence-corrected chi connectivity index (χ2v) is 11.6. The first kappa shape index (κ1) is 27.7. The van der Waals surface area contributed by atoms with Crippen LogP contribution in [0, 0.1) is 12.8 Å². The van der Waals surface area contributed by atoms with Crippen LogP contribution in [0.2, 0.25) is 5.02 Å². The second-order valence-electron chi connectivity index (χ2n) is 9.29. The van der Waals surface area contributed by atoms with Crippen molar-refractivity contribution in [3.63, 3.8) is 0 Å². The van der Waals surface area contributed by atoms with Gasteiger partial charge in [-0.2, -0.15) is 0 Å². The molecule has 0 aliphatic carbocycles. The molecule has 3 aromatic carbocycles. The number of piperidine rings is 1. The van der Waals surface area contributed by atoms with E-state index in [2.05, 4.69) is 0 Å².